The predicted molar refractivity (Wildman–Crippen MR) is 83.3 cm³/mol. The third-order valence-corrected chi connectivity index (χ3v) is 3.71. The molecule has 3 nitrogen and oxygen atoms in total. The molecule has 1 N–H and O–H groups in total. The van der Waals surface area contributed by atoms with Crippen LogP contribution in [0.2, 0.25) is 10.0 Å². The van der Waals surface area contributed by atoms with Gasteiger partial charge in [0.25, 0.3) is 0 Å². The quantitative estimate of drug-likeness (QED) is 0.771. The molecule has 3 aromatic rings. The molecule has 0 radical (unpaired) electrons. The molecule has 1 aromatic carbocycles. The molecule has 0 saturated carbocycles. The van der Waals surface area contributed by atoms with Crippen molar-refractivity contribution in [3.8, 4) is 0 Å². The summed E-state index contributed by atoms with van der Waals surface area (Å²) in [6, 6.07) is 9.50. The highest BCUT2D eigenvalue weighted by Gasteiger charge is 2.06. The smallest absolute Gasteiger partial charge is 0.0948 e. The minimum atomic E-state index is 0.606. The van der Waals surface area contributed by atoms with Crippen molar-refractivity contribution in [2.45, 2.75) is 6.54 Å². The molecule has 2 heterocycles. The van der Waals surface area contributed by atoms with Crippen LogP contribution in [-0.2, 0) is 6.54 Å². The lowest BCUT2D eigenvalue weighted by atomic mass is 10.2. The van der Waals surface area contributed by atoms with Crippen molar-refractivity contribution in [3.05, 3.63) is 64.5 Å². The zero-order valence-corrected chi connectivity index (χ0v) is 12.0. The van der Waals surface area contributed by atoms with E-state index in [9.17, 15) is 0 Å². The van der Waals surface area contributed by atoms with Crippen molar-refractivity contribution in [1.29, 1.82) is 0 Å². The third-order valence-electron chi connectivity index (χ3n) is 3.04. The van der Waals surface area contributed by atoms with Crippen LogP contribution in [0.25, 0.3) is 10.9 Å². The molecule has 0 aliphatic heterocycles. The molecule has 2 aromatic heterocycles. The first-order valence-corrected chi connectivity index (χ1v) is 6.87. The number of rotatable bonds is 3. The summed E-state index contributed by atoms with van der Waals surface area (Å²) in [6.45, 7) is 0.606. The normalized spacial score (nSPS) is 10.7. The number of hydrogen-bond acceptors (Lipinski definition) is 3. The molecule has 0 saturated heterocycles. The van der Waals surface area contributed by atoms with E-state index in [4.69, 9.17) is 23.2 Å². The highest BCUT2D eigenvalue weighted by Crippen LogP contribution is 2.28. The Labute approximate surface area is 126 Å². The van der Waals surface area contributed by atoms with Crippen LogP contribution in [0, 0.1) is 0 Å². The van der Waals surface area contributed by atoms with Crippen LogP contribution in [0.5, 0.6) is 0 Å². The van der Waals surface area contributed by atoms with Crippen LogP contribution in [-0.4, -0.2) is 9.97 Å². The van der Waals surface area contributed by atoms with E-state index in [1.54, 1.807) is 18.6 Å². The Bertz CT molecular complexity index is 759. The number of nitrogens with zero attached hydrogens (tertiary/aromatic N) is 2. The standard InChI is InChI=1S/C15H11Cl2N3/c16-12-3-4-14(15-11(12)2-1-6-19-15)20-8-10-5-7-18-9-13(10)17/h1-7,9,20H,8H2. The van der Waals surface area contributed by atoms with Crippen molar-refractivity contribution in [2.75, 3.05) is 5.32 Å². The summed E-state index contributed by atoms with van der Waals surface area (Å²) in [7, 11) is 0. The van der Waals surface area contributed by atoms with Crippen LogP contribution in [0.3, 0.4) is 0 Å². The van der Waals surface area contributed by atoms with E-state index < -0.39 is 0 Å². The lowest BCUT2D eigenvalue weighted by Crippen LogP contribution is -2.01. The van der Waals surface area contributed by atoms with Crippen LogP contribution in [0.4, 0.5) is 5.69 Å². The summed E-state index contributed by atoms with van der Waals surface area (Å²) in [5.41, 5.74) is 2.77. The summed E-state index contributed by atoms with van der Waals surface area (Å²) in [5, 5.41) is 5.61. The molecule has 0 bridgehead atoms. The molecule has 0 amide bonds. The highest BCUT2D eigenvalue weighted by atomic mass is 35.5. The minimum Gasteiger partial charge on any atom is -0.379 e. The molecule has 0 spiro atoms. The van der Waals surface area contributed by atoms with E-state index >= 15 is 0 Å². The fourth-order valence-corrected chi connectivity index (χ4v) is 2.42. The third kappa shape index (κ3) is 2.55. The zero-order chi connectivity index (χ0) is 13.9. The molecule has 3 rings (SSSR count). The molecular weight excluding hydrogens is 293 g/mol. The van der Waals surface area contributed by atoms with Gasteiger partial charge in [0, 0.05) is 30.5 Å². The number of aromatic nitrogens is 2. The predicted octanol–water partition coefficient (Wildman–Crippen LogP) is 4.55. The minimum absolute atomic E-state index is 0.606. The first kappa shape index (κ1) is 13.2. The maximum absolute atomic E-state index is 6.17. The lowest BCUT2D eigenvalue weighted by molar-refractivity contribution is 1.13. The van der Waals surface area contributed by atoms with Crippen molar-refractivity contribution in [1.82, 2.24) is 9.97 Å². The molecule has 0 unspecified atom stereocenters. The largest absolute Gasteiger partial charge is 0.379 e. The van der Waals surface area contributed by atoms with Crippen molar-refractivity contribution >= 4 is 39.8 Å². The number of halogens is 2. The lowest BCUT2D eigenvalue weighted by Gasteiger charge is -2.10. The van der Waals surface area contributed by atoms with Gasteiger partial charge in [-0.3, -0.25) is 9.97 Å². The summed E-state index contributed by atoms with van der Waals surface area (Å²) in [4.78, 5) is 8.36. The van der Waals surface area contributed by atoms with E-state index in [1.165, 1.54) is 0 Å². The number of anilines is 1. The molecule has 0 atom stereocenters. The summed E-state index contributed by atoms with van der Waals surface area (Å²) in [5.74, 6) is 0. The summed E-state index contributed by atoms with van der Waals surface area (Å²) < 4.78 is 0. The second kappa shape index (κ2) is 5.65. The van der Waals surface area contributed by atoms with E-state index in [0.717, 1.165) is 22.2 Å². The van der Waals surface area contributed by atoms with Gasteiger partial charge in [-0.1, -0.05) is 23.2 Å². The molecule has 0 aliphatic rings. The Morgan fingerprint density at radius 2 is 1.90 bits per heavy atom. The maximum atomic E-state index is 6.17. The molecule has 0 fully saturated rings. The Balaban J connectivity index is 1.92. The topological polar surface area (TPSA) is 37.8 Å². The first-order valence-electron chi connectivity index (χ1n) is 6.11. The van der Waals surface area contributed by atoms with Gasteiger partial charge >= 0.3 is 0 Å². The van der Waals surface area contributed by atoms with Crippen LogP contribution in [0.1, 0.15) is 5.56 Å². The van der Waals surface area contributed by atoms with Gasteiger partial charge in [0.2, 0.25) is 0 Å². The number of nitrogens with one attached hydrogen (secondary N) is 1. The van der Waals surface area contributed by atoms with E-state index in [0.29, 0.717) is 16.6 Å². The molecule has 20 heavy (non-hydrogen) atoms. The van der Waals surface area contributed by atoms with Crippen LogP contribution < -0.4 is 5.32 Å². The Kier molecular flexibility index (Phi) is 3.72. The van der Waals surface area contributed by atoms with Gasteiger partial charge in [0.1, 0.15) is 0 Å². The molecule has 100 valence electrons. The molecule has 0 aliphatic carbocycles. The van der Waals surface area contributed by atoms with Gasteiger partial charge in [0.05, 0.1) is 21.2 Å². The average Bonchev–Trinajstić information content (AvgIpc) is 2.48. The number of benzene rings is 1. The Morgan fingerprint density at radius 1 is 1.00 bits per heavy atom. The van der Waals surface area contributed by atoms with Gasteiger partial charge in [0.15, 0.2) is 0 Å². The summed E-state index contributed by atoms with van der Waals surface area (Å²) in [6.07, 6.45) is 5.11. The summed E-state index contributed by atoms with van der Waals surface area (Å²) >= 11 is 12.3. The Hall–Kier alpha value is -1.84. The number of pyridine rings is 2. The van der Waals surface area contributed by atoms with Gasteiger partial charge in [-0.2, -0.15) is 0 Å². The zero-order valence-electron chi connectivity index (χ0n) is 10.5. The second-order valence-corrected chi connectivity index (χ2v) is 5.13. The van der Waals surface area contributed by atoms with Gasteiger partial charge in [-0.05, 0) is 35.9 Å². The highest BCUT2D eigenvalue weighted by molar-refractivity contribution is 6.35. The first-order chi connectivity index (χ1) is 9.75. The molecule has 5 heteroatoms. The SMILES string of the molecule is Clc1cnccc1CNc1ccc(Cl)c2cccnc12. The van der Waals surface area contributed by atoms with E-state index in [1.807, 2.05) is 30.3 Å². The average molecular weight is 304 g/mol. The fraction of sp³-hybridized carbons (Fsp3) is 0.0667. The van der Waals surface area contributed by atoms with Gasteiger partial charge in [-0.15, -0.1) is 0 Å². The van der Waals surface area contributed by atoms with E-state index in [2.05, 4.69) is 15.3 Å². The number of fused-ring (bicyclic) bond motifs is 1. The van der Waals surface area contributed by atoms with Gasteiger partial charge in [-0.25, -0.2) is 0 Å². The van der Waals surface area contributed by atoms with Gasteiger partial charge < -0.3 is 5.32 Å². The van der Waals surface area contributed by atoms with Crippen LogP contribution in [0.15, 0.2) is 48.9 Å². The fourth-order valence-electron chi connectivity index (χ4n) is 2.02. The van der Waals surface area contributed by atoms with Crippen molar-refractivity contribution in [2.24, 2.45) is 0 Å². The monoisotopic (exact) mass is 303 g/mol. The van der Waals surface area contributed by atoms with Crippen molar-refractivity contribution in [3.63, 3.8) is 0 Å². The van der Waals surface area contributed by atoms with Crippen LogP contribution >= 0.6 is 23.2 Å². The van der Waals surface area contributed by atoms with E-state index in [-0.39, 0.29) is 0 Å². The maximum Gasteiger partial charge on any atom is 0.0948 e. The molecular formula is C15H11Cl2N3. The second-order valence-electron chi connectivity index (χ2n) is 4.32. The van der Waals surface area contributed by atoms with Crippen molar-refractivity contribution < 1.29 is 0 Å². The Morgan fingerprint density at radius 3 is 2.75 bits per heavy atom. The number of hydrogen-bond donors (Lipinski definition) is 1.